The first-order chi connectivity index (χ1) is 9.63. The monoisotopic (exact) mass is 292 g/mol. The van der Waals surface area contributed by atoms with Crippen LogP contribution in [-0.4, -0.2) is 36.5 Å². The van der Waals surface area contributed by atoms with Gasteiger partial charge in [-0.1, -0.05) is 17.7 Å². The van der Waals surface area contributed by atoms with Gasteiger partial charge in [-0.15, -0.1) is 0 Å². The van der Waals surface area contributed by atoms with Crippen molar-refractivity contribution in [2.45, 2.75) is 32.2 Å². The van der Waals surface area contributed by atoms with E-state index >= 15 is 0 Å². The summed E-state index contributed by atoms with van der Waals surface area (Å²) >= 11 is 6.12. The molecular weight excluding hydrogens is 272 g/mol. The van der Waals surface area contributed by atoms with Crippen molar-refractivity contribution in [3.8, 4) is 0 Å². The normalized spacial score (nSPS) is 23.0. The molecule has 1 aliphatic heterocycles. The third kappa shape index (κ3) is 3.15. The minimum Gasteiger partial charge on any atom is -0.352 e. The molecule has 20 heavy (non-hydrogen) atoms. The molecule has 2 aliphatic rings. The van der Waals surface area contributed by atoms with Crippen molar-refractivity contribution in [3.05, 3.63) is 34.3 Å². The lowest BCUT2D eigenvalue weighted by molar-refractivity contribution is 0.0947. The van der Waals surface area contributed by atoms with Crippen LogP contribution in [0.5, 0.6) is 0 Å². The number of carbonyl (C=O) groups excluding carboxylic acids is 1. The summed E-state index contributed by atoms with van der Waals surface area (Å²) in [6.45, 7) is 5.05. The fourth-order valence-electron chi connectivity index (χ4n) is 2.94. The van der Waals surface area contributed by atoms with Crippen LogP contribution in [0.25, 0.3) is 0 Å². The summed E-state index contributed by atoms with van der Waals surface area (Å²) in [4.78, 5) is 14.7. The molecule has 0 bridgehead atoms. The predicted molar refractivity (Wildman–Crippen MR) is 81.2 cm³/mol. The Hall–Kier alpha value is -1.06. The summed E-state index contributed by atoms with van der Waals surface area (Å²) in [5.41, 5.74) is 1.65. The van der Waals surface area contributed by atoms with Crippen molar-refractivity contribution in [1.82, 2.24) is 10.2 Å². The lowest BCUT2D eigenvalue weighted by atomic mass is 10.1. The van der Waals surface area contributed by atoms with E-state index in [1.807, 2.05) is 19.1 Å². The molecule has 1 atom stereocenters. The SMILES string of the molecule is Cc1ccc(C(=O)NC[C@H]2CCN(C3CC3)C2)c(Cl)c1. The molecule has 3 rings (SSSR count). The van der Waals surface area contributed by atoms with Crippen LogP contribution < -0.4 is 5.32 Å². The highest BCUT2D eigenvalue weighted by Crippen LogP contribution is 2.31. The van der Waals surface area contributed by atoms with E-state index in [4.69, 9.17) is 11.6 Å². The minimum absolute atomic E-state index is 0.0557. The third-order valence-corrected chi connectivity index (χ3v) is 4.61. The largest absolute Gasteiger partial charge is 0.352 e. The summed E-state index contributed by atoms with van der Waals surface area (Å²) in [6.07, 6.45) is 3.91. The highest BCUT2D eigenvalue weighted by atomic mass is 35.5. The Morgan fingerprint density at radius 1 is 1.40 bits per heavy atom. The average molecular weight is 293 g/mol. The van der Waals surface area contributed by atoms with Gasteiger partial charge < -0.3 is 10.2 Å². The van der Waals surface area contributed by atoms with Crippen molar-refractivity contribution < 1.29 is 4.79 Å². The lowest BCUT2D eigenvalue weighted by Crippen LogP contribution is -2.31. The van der Waals surface area contributed by atoms with E-state index in [1.165, 1.54) is 25.8 Å². The van der Waals surface area contributed by atoms with Crippen LogP contribution in [0.3, 0.4) is 0 Å². The predicted octanol–water partition coefficient (Wildman–Crippen LogP) is 2.86. The first kappa shape index (κ1) is 13.9. The van der Waals surface area contributed by atoms with E-state index in [9.17, 15) is 4.79 Å². The number of hydrogen-bond donors (Lipinski definition) is 1. The summed E-state index contributed by atoms with van der Waals surface area (Å²) < 4.78 is 0. The number of hydrogen-bond acceptors (Lipinski definition) is 2. The number of nitrogens with zero attached hydrogens (tertiary/aromatic N) is 1. The molecule has 1 aromatic carbocycles. The Morgan fingerprint density at radius 3 is 2.90 bits per heavy atom. The van der Waals surface area contributed by atoms with Crippen LogP contribution in [-0.2, 0) is 0 Å². The summed E-state index contributed by atoms with van der Waals surface area (Å²) in [6, 6.07) is 6.40. The van der Waals surface area contributed by atoms with E-state index in [0.29, 0.717) is 16.5 Å². The number of nitrogens with one attached hydrogen (secondary N) is 1. The molecule has 1 aliphatic carbocycles. The smallest absolute Gasteiger partial charge is 0.252 e. The van der Waals surface area contributed by atoms with Crippen molar-refractivity contribution in [3.63, 3.8) is 0 Å². The second kappa shape index (κ2) is 5.74. The summed E-state index contributed by atoms with van der Waals surface area (Å²) in [7, 11) is 0. The fourth-order valence-corrected chi connectivity index (χ4v) is 3.26. The quantitative estimate of drug-likeness (QED) is 0.925. The molecule has 4 heteroatoms. The topological polar surface area (TPSA) is 32.3 Å². The first-order valence-corrected chi connectivity index (χ1v) is 7.79. The molecule has 0 spiro atoms. The minimum atomic E-state index is -0.0557. The molecular formula is C16H21ClN2O. The second-order valence-electron chi connectivity index (χ2n) is 6.07. The van der Waals surface area contributed by atoms with Crippen LogP contribution in [0.15, 0.2) is 18.2 Å². The van der Waals surface area contributed by atoms with Gasteiger partial charge in [-0.05, 0) is 56.3 Å². The van der Waals surface area contributed by atoms with Gasteiger partial charge in [0.25, 0.3) is 5.91 Å². The molecule has 1 amide bonds. The maximum absolute atomic E-state index is 12.2. The van der Waals surface area contributed by atoms with Gasteiger partial charge in [0.15, 0.2) is 0 Å². The standard InChI is InChI=1S/C16H21ClN2O/c1-11-2-5-14(15(17)8-11)16(20)18-9-12-6-7-19(10-12)13-3-4-13/h2,5,8,12-13H,3-4,6-7,9-10H2,1H3,(H,18,20)/t12-/m1/s1. The highest BCUT2D eigenvalue weighted by molar-refractivity contribution is 6.33. The van der Waals surface area contributed by atoms with Gasteiger partial charge in [-0.3, -0.25) is 4.79 Å². The van der Waals surface area contributed by atoms with E-state index < -0.39 is 0 Å². The molecule has 1 aromatic rings. The van der Waals surface area contributed by atoms with Crippen LogP contribution in [0.4, 0.5) is 0 Å². The van der Waals surface area contributed by atoms with E-state index in [-0.39, 0.29) is 5.91 Å². The summed E-state index contributed by atoms with van der Waals surface area (Å²) in [5.74, 6) is 0.531. The van der Waals surface area contributed by atoms with Gasteiger partial charge in [-0.25, -0.2) is 0 Å². The maximum atomic E-state index is 12.2. The van der Waals surface area contributed by atoms with Crippen molar-refractivity contribution in [1.29, 1.82) is 0 Å². The Morgan fingerprint density at radius 2 is 2.20 bits per heavy atom. The van der Waals surface area contributed by atoms with Crippen molar-refractivity contribution in [2.75, 3.05) is 19.6 Å². The van der Waals surface area contributed by atoms with Gasteiger partial charge >= 0.3 is 0 Å². The molecule has 1 heterocycles. The Balaban J connectivity index is 1.51. The van der Waals surface area contributed by atoms with Gasteiger partial charge in [0.05, 0.1) is 10.6 Å². The number of carbonyl (C=O) groups is 1. The van der Waals surface area contributed by atoms with Crippen LogP contribution >= 0.6 is 11.6 Å². The molecule has 108 valence electrons. The maximum Gasteiger partial charge on any atom is 0.252 e. The number of rotatable bonds is 4. The summed E-state index contributed by atoms with van der Waals surface area (Å²) in [5, 5.41) is 3.57. The van der Waals surface area contributed by atoms with Gasteiger partial charge in [0.2, 0.25) is 0 Å². The molecule has 1 N–H and O–H groups in total. The molecule has 1 saturated carbocycles. The molecule has 1 saturated heterocycles. The zero-order valence-corrected chi connectivity index (χ0v) is 12.6. The highest BCUT2D eigenvalue weighted by Gasteiger charge is 2.34. The van der Waals surface area contributed by atoms with Crippen LogP contribution in [0, 0.1) is 12.8 Å². The number of likely N-dealkylation sites (tertiary alicyclic amines) is 1. The molecule has 2 fully saturated rings. The zero-order chi connectivity index (χ0) is 14.1. The number of halogens is 1. The van der Waals surface area contributed by atoms with Gasteiger partial charge in [0, 0.05) is 19.1 Å². The number of aryl methyl sites for hydroxylation is 1. The van der Waals surface area contributed by atoms with Crippen molar-refractivity contribution in [2.24, 2.45) is 5.92 Å². The van der Waals surface area contributed by atoms with E-state index in [0.717, 1.165) is 24.7 Å². The van der Waals surface area contributed by atoms with Gasteiger partial charge in [-0.2, -0.15) is 0 Å². The number of benzene rings is 1. The first-order valence-electron chi connectivity index (χ1n) is 7.42. The Labute approximate surface area is 125 Å². The number of amides is 1. The molecule has 0 unspecified atom stereocenters. The molecule has 0 aromatic heterocycles. The Kier molecular flexibility index (Phi) is 3.99. The fraction of sp³-hybridized carbons (Fsp3) is 0.562. The van der Waals surface area contributed by atoms with E-state index in [2.05, 4.69) is 10.2 Å². The zero-order valence-electron chi connectivity index (χ0n) is 11.9. The van der Waals surface area contributed by atoms with Crippen LogP contribution in [0.1, 0.15) is 35.2 Å². The lowest BCUT2D eigenvalue weighted by Gasteiger charge is -2.15. The van der Waals surface area contributed by atoms with Crippen LogP contribution in [0.2, 0.25) is 5.02 Å². The van der Waals surface area contributed by atoms with Crippen molar-refractivity contribution >= 4 is 17.5 Å². The molecule has 3 nitrogen and oxygen atoms in total. The second-order valence-corrected chi connectivity index (χ2v) is 6.48. The molecule has 0 radical (unpaired) electrons. The van der Waals surface area contributed by atoms with Gasteiger partial charge in [0.1, 0.15) is 0 Å². The average Bonchev–Trinajstić information content (AvgIpc) is 3.15. The van der Waals surface area contributed by atoms with E-state index in [1.54, 1.807) is 6.07 Å². The third-order valence-electron chi connectivity index (χ3n) is 4.30. The Bertz CT molecular complexity index is 513.